The van der Waals surface area contributed by atoms with Crippen molar-refractivity contribution in [1.29, 1.82) is 0 Å². The van der Waals surface area contributed by atoms with Crippen LogP contribution in [0.15, 0.2) is 47.4 Å². The molecule has 2 aromatic carbocycles. The molecule has 6 heteroatoms. The van der Waals surface area contributed by atoms with Crippen molar-refractivity contribution in [2.75, 3.05) is 17.6 Å². The molecule has 0 saturated heterocycles. The summed E-state index contributed by atoms with van der Waals surface area (Å²) in [5, 5.41) is 0. The Bertz CT molecular complexity index is 744. The lowest BCUT2D eigenvalue weighted by atomic mass is 10.3. The summed E-state index contributed by atoms with van der Waals surface area (Å²) >= 11 is 0. The molecule has 0 N–H and O–H groups in total. The van der Waals surface area contributed by atoms with E-state index in [-0.39, 0.29) is 11.7 Å². The average Bonchev–Trinajstić information content (AvgIpc) is 2.96. The predicted molar refractivity (Wildman–Crippen MR) is 78.0 cm³/mol. The van der Waals surface area contributed by atoms with Crippen LogP contribution < -0.4 is 13.8 Å². The van der Waals surface area contributed by atoms with Crippen LogP contribution >= 0.6 is 0 Å². The first-order chi connectivity index (χ1) is 10.1. The molecule has 1 radical (unpaired) electrons. The van der Waals surface area contributed by atoms with Gasteiger partial charge in [-0.3, -0.25) is 4.31 Å². The first-order valence-corrected chi connectivity index (χ1v) is 7.96. The highest BCUT2D eigenvalue weighted by atomic mass is 32.2. The van der Waals surface area contributed by atoms with E-state index in [1.807, 2.05) is 0 Å². The van der Waals surface area contributed by atoms with Crippen molar-refractivity contribution in [3.05, 3.63) is 48.5 Å². The number of anilines is 1. The fourth-order valence-corrected chi connectivity index (χ4v) is 3.62. The van der Waals surface area contributed by atoms with E-state index >= 15 is 0 Å². The topological polar surface area (TPSA) is 55.8 Å². The van der Waals surface area contributed by atoms with Crippen LogP contribution in [0.3, 0.4) is 0 Å². The second kappa shape index (κ2) is 5.29. The molecule has 3 rings (SSSR count). The maximum Gasteiger partial charge on any atom is 0.264 e. The van der Waals surface area contributed by atoms with Crippen molar-refractivity contribution in [2.24, 2.45) is 0 Å². The van der Waals surface area contributed by atoms with Crippen molar-refractivity contribution < 1.29 is 17.9 Å². The molecule has 0 unspecified atom stereocenters. The fourth-order valence-electron chi connectivity index (χ4n) is 2.19. The van der Waals surface area contributed by atoms with Crippen LogP contribution in [0.5, 0.6) is 11.5 Å². The summed E-state index contributed by atoms with van der Waals surface area (Å²) in [5.41, 5.74) is 0.541. The Labute approximate surface area is 123 Å². The van der Waals surface area contributed by atoms with E-state index in [1.165, 1.54) is 10.4 Å². The van der Waals surface area contributed by atoms with Gasteiger partial charge in [-0.2, -0.15) is 0 Å². The molecule has 0 atom stereocenters. The molecule has 5 nitrogen and oxygen atoms in total. The molecule has 1 aliphatic heterocycles. The van der Waals surface area contributed by atoms with E-state index in [9.17, 15) is 8.42 Å². The van der Waals surface area contributed by atoms with Gasteiger partial charge in [0, 0.05) is 18.7 Å². The first-order valence-electron chi connectivity index (χ1n) is 6.52. The Hall–Kier alpha value is -2.21. The second-order valence-electron chi connectivity index (χ2n) is 4.43. The zero-order chi connectivity index (χ0) is 14.9. The summed E-state index contributed by atoms with van der Waals surface area (Å²) in [6.45, 7) is 2.25. The Morgan fingerprint density at radius 1 is 1.19 bits per heavy atom. The Morgan fingerprint density at radius 2 is 2.00 bits per heavy atom. The van der Waals surface area contributed by atoms with Crippen LogP contribution in [0.2, 0.25) is 0 Å². The van der Waals surface area contributed by atoms with Crippen molar-refractivity contribution in [3.8, 4) is 11.5 Å². The highest BCUT2D eigenvalue weighted by Crippen LogP contribution is 2.36. The number of hydrogen-bond acceptors (Lipinski definition) is 4. The molecular formula is C15H14NO4S. The zero-order valence-electron chi connectivity index (χ0n) is 11.4. The molecule has 109 valence electrons. The van der Waals surface area contributed by atoms with Gasteiger partial charge in [0.2, 0.25) is 6.79 Å². The van der Waals surface area contributed by atoms with Gasteiger partial charge in [-0.25, -0.2) is 8.42 Å². The average molecular weight is 304 g/mol. The number of ether oxygens (including phenoxy) is 2. The minimum Gasteiger partial charge on any atom is -0.454 e. The van der Waals surface area contributed by atoms with Gasteiger partial charge in [-0.15, -0.1) is 0 Å². The molecule has 1 aliphatic rings. The van der Waals surface area contributed by atoms with E-state index in [1.54, 1.807) is 43.3 Å². The van der Waals surface area contributed by atoms with Crippen molar-refractivity contribution >= 4 is 15.7 Å². The van der Waals surface area contributed by atoms with Crippen LogP contribution in [0.25, 0.3) is 0 Å². The summed E-state index contributed by atoms with van der Waals surface area (Å²) in [7, 11) is -3.64. The highest BCUT2D eigenvalue weighted by molar-refractivity contribution is 7.92. The summed E-state index contributed by atoms with van der Waals surface area (Å²) in [4.78, 5) is 0.143. The minimum absolute atomic E-state index is 0.143. The van der Waals surface area contributed by atoms with Gasteiger partial charge in [0.1, 0.15) is 0 Å². The lowest BCUT2D eigenvalue weighted by Gasteiger charge is -2.23. The first kappa shape index (κ1) is 13.8. The fraction of sp³-hybridized carbons (Fsp3) is 0.200. The third kappa shape index (κ3) is 2.42. The molecule has 21 heavy (non-hydrogen) atoms. The number of benzene rings is 2. The Kier molecular flexibility index (Phi) is 3.47. The predicted octanol–water partition coefficient (Wildman–Crippen LogP) is 2.43. The van der Waals surface area contributed by atoms with Crippen LogP contribution in [0.4, 0.5) is 5.69 Å². The normalized spacial score (nSPS) is 13.2. The Balaban J connectivity index is 2.02. The lowest BCUT2D eigenvalue weighted by Crippen LogP contribution is -2.30. The van der Waals surface area contributed by atoms with Gasteiger partial charge in [0.15, 0.2) is 11.5 Å². The van der Waals surface area contributed by atoms with Gasteiger partial charge in [0.05, 0.1) is 10.6 Å². The lowest BCUT2D eigenvalue weighted by molar-refractivity contribution is 0.174. The largest absolute Gasteiger partial charge is 0.454 e. The number of fused-ring (bicyclic) bond motifs is 1. The highest BCUT2D eigenvalue weighted by Gasteiger charge is 2.25. The molecule has 0 fully saturated rings. The SMILES string of the molecule is CCN(c1ccc2c(c1)OCO2)S(=O)(=O)c1[c]cccc1. The van der Waals surface area contributed by atoms with Gasteiger partial charge < -0.3 is 9.47 Å². The van der Waals surface area contributed by atoms with E-state index in [4.69, 9.17) is 9.47 Å². The zero-order valence-corrected chi connectivity index (χ0v) is 12.3. The van der Waals surface area contributed by atoms with E-state index in [2.05, 4.69) is 6.07 Å². The van der Waals surface area contributed by atoms with Crippen molar-refractivity contribution in [2.45, 2.75) is 11.8 Å². The summed E-state index contributed by atoms with van der Waals surface area (Å²) < 4.78 is 37.2. The van der Waals surface area contributed by atoms with Crippen LogP contribution in [-0.4, -0.2) is 21.8 Å². The quantitative estimate of drug-likeness (QED) is 0.870. The number of rotatable bonds is 4. The second-order valence-corrected chi connectivity index (χ2v) is 6.26. The van der Waals surface area contributed by atoms with Crippen LogP contribution in [0.1, 0.15) is 6.92 Å². The molecule has 0 aliphatic carbocycles. The molecule has 0 bridgehead atoms. The summed E-state index contributed by atoms with van der Waals surface area (Å²) in [6.07, 6.45) is 0. The number of nitrogens with zero attached hydrogens (tertiary/aromatic N) is 1. The van der Waals surface area contributed by atoms with Gasteiger partial charge in [0.25, 0.3) is 10.0 Å². The molecule has 1 heterocycles. The standard InChI is InChI=1S/C15H14NO4S/c1-2-16(21(17,18)13-6-4-3-5-7-13)12-8-9-14-15(10-12)20-11-19-14/h3-6,8-10H,2,11H2,1H3. The molecule has 0 aromatic heterocycles. The maximum atomic E-state index is 12.7. The van der Waals surface area contributed by atoms with Crippen molar-refractivity contribution in [1.82, 2.24) is 0 Å². The number of sulfonamides is 1. The summed E-state index contributed by atoms with van der Waals surface area (Å²) in [6, 6.07) is 14.4. The third-order valence-electron chi connectivity index (χ3n) is 3.18. The monoisotopic (exact) mass is 304 g/mol. The number of hydrogen-bond donors (Lipinski definition) is 0. The van der Waals surface area contributed by atoms with Crippen LogP contribution in [-0.2, 0) is 10.0 Å². The molecule has 0 amide bonds. The molecule has 0 spiro atoms. The minimum atomic E-state index is -3.64. The smallest absolute Gasteiger partial charge is 0.264 e. The van der Waals surface area contributed by atoms with Gasteiger partial charge in [-0.05, 0) is 25.1 Å². The molecule has 2 aromatic rings. The van der Waals surface area contributed by atoms with E-state index < -0.39 is 10.0 Å². The van der Waals surface area contributed by atoms with Crippen LogP contribution in [0, 0.1) is 6.07 Å². The summed E-state index contributed by atoms with van der Waals surface area (Å²) in [5.74, 6) is 1.18. The van der Waals surface area contributed by atoms with Gasteiger partial charge in [-0.1, -0.05) is 18.2 Å². The van der Waals surface area contributed by atoms with Crippen molar-refractivity contribution in [3.63, 3.8) is 0 Å². The van der Waals surface area contributed by atoms with E-state index in [0.29, 0.717) is 23.7 Å². The molecular weight excluding hydrogens is 290 g/mol. The maximum absolute atomic E-state index is 12.7. The third-order valence-corrected chi connectivity index (χ3v) is 5.04. The molecule has 0 saturated carbocycles. The Morgan fingerprint density at radius 3 is 2.71 bits per heavy atom. The van der Waals surface area contributed by atoms with E-state index in [0.717, 1.165) is 0 Å². The van der Waals surface area contributed by atoms with Gasteiger partial charge >= 0.3 is 0 Å².